The van der Waals surface area contributed by atoms with Crippen molar-refractivity contribution in [2.75, 3.05) is 12.4 Å². The van der Waals surface area contributed by atoms with Gasteiger partial charge in [-0.1, -0.05) is 25.3 Å². The molecule has 0 heterocycles. The highest BCUT2D eigenvalue weighted by Crippen LogP contribution is 2.38. The Hall–Kier alpha value is -1.75. The molecule has 0 aliphatic heterocycles. The van der Waals surface area contributed by atoms with E-state index in [9.17, 15) is 4.79 Å². The summed E-state index contributed by atoms with van der Waals surface area (Å²) in [5.74, 6) is 0.596. The number of rotatable bonds is 3. The van der Waals surface area contributed by atoms with E-state index in [1.54, 1.807) is 7.11 Å². The lowest BCUT2D eigenvalue weighted by Gasteiger charge is -2.34. The highest BCUT2D eigenvalue weighted by atomic mass is 16.6. The van der Waals surface area contributed by atoms with Crippen LogP contribution in [0, 0.1) is 0 Å². The number of amides is 1. The number of anilines is 1. The normalized spacial score (nSPS) is 17.4. The summed E-state index contributed by atoms with van der Waals surface area (Å²) in [6, 6.07) is 5.75. The Morgan fingerprint density at radius 2 is 1.87 bits per heavy atom. The predicted molar refractivity (Wildman–Crippen MR) is 91.8 cm³/mol. The number of nitrogens with one attached hydrogen (secondary N) is 1. The van der Waals surface area contributed by atoms with Gasteiger partial charge in [0.1, 0.15) is 11.4 Å². The summed E-state index contributed by atoms with van der Waals surface area (Å²) in [5, 5.41) is 2.77. The minimum absolute atomic E-state index is 0.325. The fourth-order valence-electron chi connectivity index (χ4n) is 3.00. The Bertz CT molecular complexity index is 558. The van der Waals surface area contributed by atoms with E-state index in [1.165, 1.54) is 6.42 Å². The summed E-state index contributed by atoms with van der Waals surface area (Å²) < 4.78 is 10.7. The van der Waals surface area contributed by atoms with Crippen LogP contribution in [0.1, 0.15) is 58.4 Å². The van der Waals surface area contributed by atoms with Crippen LogP contribution in [-0.2, 0) is 10.3 Å². The monoisotopic (exact) mass is 320 g/mol. The summed E-state index contributed by atoms with van der Waals surface area (Å²) >= 11 is 0. The van der Waals surface area contributed by atoms with Crippen molar-refractivity contribution in [3.05, 3.63) is 23.8 Å². The summed E-state index contributed by atoms with van der Waals surface area (Å²) in [6.45, 7) is 5.49. The molecule has 2 rings (SSSR count). The van der Waals surface area contributed by atoms with Gasteiger partial charge >= 0.3 is 6.09 Å². The second kappa shape index (κ2) is 6.79. The number of methoxy groups -OCH3 is 1. The molecule has 0 unspecified atom stereocenters. The molecule has 1 aromatic rings. The average Bonchev–Trinajstić information content (AvgIpc) is 2.46. The van der Waals surface area contributed by atoms with Crippen molar-refractivity contribution in [3.8, 4) is 5.75 Å². The SMILES string of the molecule is COc1ccc(C2(N)CCCCC2)cc1NC(=O)OC(C)(C)C. The minimum Gasteiger partial charge on any atom is -0.495 e. The van der Waals surface area contributed by atoms with Gasteiger partial charge in [0, 0.05) is 5.54 Å². The van der Waals surface area contributed by atoms with Gasteiger partial charge in [-0.25, -0.2) is 4.79 Å². The van der Waals surface area contributed by atoms with Crippen molar-refractivity contribution < 1.29 is 14.3 Å². The number of hydrogen-bond acceptors (Lipinski definition) is 4. The lowest BCUT2D eigenvalue weighted by atomic mass is 9.77. The van der Waals surface area contributed by atoms with Crippen LogP contribution in [0.25, 0.3) is 0 Å². The smallest absolute Gasteiger partial charge is 0.412 e. The summed E-state index contributed by atoms with van der Waals surface area (Å²) in [5.41, 5.74) is 7.34. The minimum atomic E-state index is -0.548. The molecule has 23 heavy (non-hydrogen) atoms. The molecule has 0 bridgehead atoms. The molecule has 0 atom stereocenters. The van der Waals surface area contributed by atoms with Gasteiger partial charge in [0.15, 0.2) is 0 Å². The number of nitrogens with two attached hydrogens (primary N) is 1. The molecule has 1 aliphatic carbocycles. The van der Waals surface area contributed by atoms with E-state index in [2.05, 4.69) is 5.32 Å². The number of carbonyl (C=O) groups is 1. The predicted octanol–water partition coefficient (Wildman–Crippen LogP) is 4.16. The van der Waals surface area contributed by atoms with Gasteiger partial charge in [-0.05, 0) is 51.3 Å². The molecule has 1 fully saturated rings. The van der Waals surface area contributed by atoms with Crippen LogP contribution < -0.4 is 15.8 Å². The summed E-state index contributed by atoms with van der Waals surface area (Å²) in [7, 11) is 1.58. The van der Waals surface area contributed by atoms with E-state index < -0.39 is 11.7 Å². The first-order chi connectivity index (χ1) is 10.7. The molecule has 128 valence electrons. The van der Waals surface area contributed by atoms with Gasteiger partial charge < -0.3 is 15.2 Å². The Morgan fingerprint density at radius 3 is 2.43 bits per heavy atom. The third kappa shape index (κ3) is 4.61. The molecule has 1 aliphatic rings. The standard InChI is InChI=1S/C18H28N2O3/c1-17(2,3)23-16(21)20-14-12-13(8-9-15(14)22-4)18(19)10-6-5-7-11-18/h8-9,12H,5-7,10-11,19H2,1-4H3,(H,20,21). The Labute approximate surface area is 138 Å². The Balaban J connectivity index is 2.23. The van der Waals surface area contributed by atoms with Gasteiger partial charge in [0.25, 0.3) is 0 Å². The number of ether oxygens (including phenoxy) is 2. The van der Waals surface area contributed by atoms with Gasteiger partial charge in [0.2, 0.25) is 0 Å². The van der Waals surface area contributed by atoms with Crippen LogP contribution in [0.15, 0.2) is 18.2 Å². The topological polar surface area (TPSA) is 73.6 Å². The first-order valence-corrected chi connectivity index (χ1v) is 8.21. The van der Waals surface area contributed by atoms with E-state index in [1.807, 2.05) is 39.0 Å². The van der Waals surface area contributed by atoms with Crippen LogP contribution in [-0.4, -0.2) is 18.8 Å². The quantitative estimate of drug-likeness (QED) is 0.877. The second-order valence-electron chi connectivity index (χ2n) is 7.26. The number of hydrogen-bond donors (Lipinski definition) is 2. The van der Waals surface area contributed by atoms with E-state index in [0.29, 0.717) is 11.4 Å². The third-order valence-corrected chi connectivity index (χ3v) is 4.16. The third-order valence-electron chi connectivity index (χ3n) is 4.16. The maximum atomic E-state index is 12.0. The van der Waals surface area contributed by atoms with Crippen LogP contribution >= 0.6 is 0 Å². The van der Waals surface area contributed by atoms with Gasteiger partial charge in [-0.15, -0.1) is 0 Å². The molecule has 1 aromatic carbocycles. The van der Waals surface area contributed by atoms with Gasteiger partial charge in [-0.3, -0.25) is 5.32 Å². The van der Waals surface area contributed by atoms with Crippen molar-refractivity contribution >= 4 is 11.8 Å². The zero-order valence-corrected chi connectivity index (χ0v) is 14.6. The van der Waals surface area contributed by atoms with Crippen molar-refractivity contribution in [1.82, 2.24) is 0 Å². The van der Waals surface area contributed by atoms with Crippen LogP contribution in [0.3, 0.4) is 0 Å². The number of carbonyl (C=O) groups excluding carboxylic acids is 1. The maximum absolute atomic E-state index is 12.0. The molecule has 0 aromatic heterocycles. The van der Waals surface area contributed by atoms with Crippen molar-refractivity contribution in [3.63, 3.8) is 0 Å². The lowest BCUT2D eigenvalue weighted by molar-refractivity contribution is 0.0635. The number of benzene rings is 1. The lowest BCUT2D eigenvalue weighted by Crippen LogP contribution is -2.38. The highest BCUT2D eigenvalue weighted by Gasteiger charge is 2.30. The highest BCUT2D eigenvalue weighted by molar-refractivity contribution is 5.87. The molecular formula is C18H28N2O3. The molecule has 0 saturated heterocycles. The molecular weight excluding hydrogens is 292 g/mol. The average molecular weight is 320 g/mol. The zero-order valence-electron chi connectivity index (χ0n) is 14.6. The molecule has 5 heteroatoms. The van der Waals surface area contributed by atoms with Crippen LogP contribution in [0.2, 0.25) is 0 Å². The summed E-state index contributed by atoms with van der Waals surface area (Å²) in [6.07, 6.45) is 4.94. The molecule has 3 N–H and O–H groups in total. The largest absolute Gasteiger partial charge is 0.495 e. The van der Waals surface area contributed by atoms with Crippen molar-refractivity contribution in [2.45, 2.75) is 64.0 Å². The van der Waals surface area contributed by atoms with Crippen molar-refractivity contribution in [1.29, 1.82) is 0 Å². The van der Waals surface area contributed by atoms with E-state index >= 15 is 0 Å². The molecule has 0 radical (unpaired) electrons. The van der Waals surface area contributed by atoms with Gasteiger partial charge in [0.05, 0.1) is 12.8 Å². The molecule has 5 nitrogen and oxygen atoms in total. The molecule has 1 amide bonds. The summed E-state index contributed by atoms with van der Waals surface area (Å²) in [4.78, 5) is 12.0. The van der Waals surface area contributed by atoms with Crippen LogP contribution in [0.5, 0.6) is 5.75 Å². The zero-order chi connectivity index (χ0) is 17.1. The fourth-order valence-corrected chi connectivity index (χ4v) is 3.00. The molecule has 1 saturated carbocycles. The molecule has 0 spiro atoms. The van der Waals surface area contributed by atoms with E-state index in [0.717, 1.165) is 31.2 Å². The van der Waals surface area contributed by atoms with E-state index in [-0.39, 0.29) is 5.54 Å². The first-order valence-electron chi connectivity index (χ1n) is 8.21. The Morgan fingerprint density at radius 1 is 1.22 bits per heavy atom. The van der Waals surface area contributed by atoms with Crippen LogP contribution in [0.4, 0.5) is 10.5 Å². The first kappa shape index (κ1) is 17.6. The fraction of sp³-hybridized carbons (Fsp3) is 0.611. The van der Waals surface area contributed by atoms with Crippen molar-refractivity contribution in [2.24, 2.45) is 5.73 Å². The van der Waals surface area contributed by atoms with E-state index in [4.69, 9.17) is 15.2 Å². The maximum Gasteiger partial charge on any atom is 0.412 e. The Kier molecular flexibility index (Phi) is 5.19. The van der Waals surface area contributed by atoms with Gasteiger partial charge in [-0.2, -0.15) is 0 Å². The second-order valence-corrected chi connectivity index (χ2v) is 7.26.